The molecule has 94 valence electrons. The summed E-state index contributed by atoms with van der Waals surface area (Å²) in [5.74, 6) is 0. The third kappa shape index (κ3) is 3.29. The molecule has 2 N–H and O–H groups in total. The molecule has 0 saturated carbocycles. The van der Waals surface area contributed by atoms with Gasteiger partial charge in [-0.25, -0.2) is 0 Å². The fraction of sp³-hybridized carbons (Fsp3) is 0.214. The number of aromatic nitrogens is 1. The standard InChI is InChI=1S/C14H15ClN2O/c15-13-4-2-1-3-12(13)10-18-14(9-16)11-5-7-17-8-6-11/h1-8,14H,9-10,16H2. The highest BCUT2D eigenvalue weighted by Crippen LogP contribution is 2.21. The molecule has 0 aliphatic carbocycles. The molecule has 1 aromatic heterocycles. The molecule has 0 aliphatic heterocycles. The first-order chi connectivity index (χ1) is 8.81. The van der Waals surface area contributed by atoms with Crippen molar-refractivity contribution in [2.24, 2.45) is 5.73 Å². The van der Waals surface area contributed by atoms with Crippen LogP contribution in [0.15, 0.2) is 48.8 Å². The second-order valence-corrected chi connectivity index (χ2v) is 4.31. The molecule has 1 atom stereocenters. The fourth-order valence-electron chi connectivity index (χ4n) is 1.68. The van der Waals surface area contributed by atoms with E-state index in [1.807, 2.05) is 36.4 Å². The minimum Gasteiger partial charge on any atom is -0.367 e. The molecule has 0 spiro atoms. The van der Waals surface area contributed by atoms with E-state index in [0.29, 0.717) is 18.2 Å². The van der Waals surface area contributed by atoms with Gasteiger partial charge >= 0.3 is 0 Å². The summed E-state index contributed by atoms with van der Waals surface area (Å²) in [6.45, 7) is 0.873. The van der Waals surface area contributed by atoms with E-state index >= 15 is 0 Å². The van der Waals surface area contributed by atoms with Gasteiger partial charge < -0.3 is 10.5 Å². The molecule has 1 heterocycles. The van der Waals surface area contributed by atoms with Crippen molar-refractivity contribution in [2.75, 3.05) is 6.54 Å². The minimum atomic E-state index is -0.135. The average molecular weight is 263 g/mol. The summed E-state index contributed by atoms with van der Waals surface area (Å²) in [6.07, 6.45) is 3.33. The Bertz CT molecular complexity index is 490. The Hall–Kier alpha value is -1.42. The first-order valence-corrected chi connectivity index (χ1v) is 6.14. The van der Waals surface area contributed by atoms with Crippen molar-refractivity contribution in [3.05, 3.63) is 64.9 Å². The summed E-state index contributed by atoms with van der Waals surface area (Å²) in [7, 11) is 0. The van der Waals surface area contributed by atoms with Crippen molar-refractivity contribution in [2.45, 2.75) is 12.7 Å². The average Bonchev–Trinajstić information content (AvgIpc) is 2.42. The SMILES string of the molecule is NCC(OCc1ccccc1Cl)c1ccncc1. The van der Waals surface area contributed by atoms with Crippen molar-refractivity contribution in [1.82, 2.24) is 4.98 Å². The second kappa shape index (κ2) is 6.50. The molecule has 2 aromatic rings. The van der Waals surface area contributed by atoms with Crippen molar-refractivity contribution in [3.8, 4) is 0 Å². The summed E-state index contributed by atoms with van der Waals surface area (Å²) >= 11 is 6.08. The summed E-state index contributed by atoms with van der Waals surface area (Å²) in [5.41, 5.74) is 7.72. The van der Waals surface area contributed by atoms with Crippen LogP contribution in [-0.4, -0.2) is 11.5 Å². The van der Waals surface area contributed by atoms with Gasteiger partial charge in [0.1, 0.15) is 0 Å². The van der Waals surface area contributed by atoms with Gasteiger partial charge in [0, 0.05) is 24.0 Å². The Morgan fingerprint density at radius 1 is 1.17 bits per heavy atom. The van der Waals surface area contributed by atoms with E-state index in [2.05, 4.69) is 4.98 Å². The lowest BCUT2D eigenvalue weighted by molar-refractivity contribution is 0.0456. The lowest BCUT2D eigenvalue weighted by atomic mass is 10.1. The molecule has 0 saturated heterocycles. The van der Waals surface area contributed by atoms with Crippen molar-refractivity contribution >= 4 is 11.6 Å². The highest BCUT2D eigenvalue weighted by atomic mass is 35.5. The van der Waals surface area contributed by atoms with Crippen LogP contribution in [0.2, 0.25) is 5.02 Å². The van der Waals surface area contributed by atoms with Crippen LogP contribution < -0.4 is 5.73 Å². The third-order valence-electron chi connectivity index (χ3n) is 2.69. The molecule has 3 nitrogen and oxygen atoms in total. The zero-order valence-electron chi connectivity index (χ0n) is 9.92. The lowest BCUT2D eigenvalue weighted by Gasteiger charge is -2.16. The first-order valence-electron chi connectivity index (χ1n) is 5.76. The molecule has 0 radical (unpaired) electrons. The van der Waals surface area contributed by atoms with Gasteiger partial charge in [-0.1, -0.05) is 29.8 Å². The molecule has 0 fully saturated rings. The van der Waals surface area contributed by atoms with Crippen molar-refractivity contribution < 1.29 is 4.74 Å². The second-order valence-electron chi connectivity index (χ2n) is 3.91. The molecular formula is C14H15ClN2O. The number of halogens is 1. The van der Waals surface area contributed by atoms with Gasteiger partial charge in [-0.3, -0.25) is 4.98 Å². The maximum absolute atomic E-state index is 6.08. The molecular weight excluding hydrogens is 248 g/mol. The molecule has 1 unspecified atom stereocenters. The Kier molecular flexibility index (Phi) is 4.70. The Morgan fingerprint density at radius 3 is 2.56 bits per heavy atom. The predicted octanol–water partition coefficient (Wildman–Crippen LogP) is 2.95. The van der Waals surface area contributed by atoms with Crippen LogP contribution in [0, 0.1) is 0 Å². The molecule has 0 aliphatic rings. The molecule has 18 heavy (non-hydrogen) atoms. The first kappa shape index (κ1) is 13.0. The van der Waals surface area contributed by atoms with Gasteiger partial charge in [-0.15, -0.1) is 0 Å². The number of nitrogens with two attached hydrogens (primary N) is 1. The fourth-order valence-corrected chi connectivity index (χ4v) is 1.87. The van der Waals surface area contributed by atoms with Crippen LogP contribution in [0.3, 0.4) is 0 Å². The van der Waals surface area contributed by atoms with Crippen molar-refractivity contribution in [3.63, 3.8) is 0 Å². The van der Waals surface area contributed by atoms with Crippen LogP contribution in [0.1, 0.15) is 17.2 Å². The number of ether oxygens (including phenoxy) is 1. The smallest absolute Gasteiger partial charge is 0.0952 e. The lowest BCUT2D eigenvalue weighted by Crippen LogP contribution is -2.15. The summed E-state index contributed by atoms with van der Waals surface area (Å²) in [5, 5.41) is 0.711. The van der Waals surface area contributed by atoms with Crippen molar-refractivity contribution in [1.29, 1.82) is 0 Å². The van der Waals surface area contributed by atoms with Gasteiger partial charge in [0.25, 0.3) is 0 Å². The van der Waals surface area contributed by atoms with Crippen LogP contribution in [0.5, 0.6) is 0 Å². The van der Waals surface area contributed by atoms with E-state index in [-0.39, 0.29) is 6.10 Å². The van der Waals surface area contributed by atoms with Gasteiger partial charge in [0.15, 0.2) is 0 Å². The quantitative estimate of drug-likeness (QED) is 0.901. The third-order valence-corrected chi connectivity index (χ3v) is 3.06. The molecule has 4 heteroatoms. The molecule has 0 bridgehead atoms. The monoisotopic (exact) mass is 262 g/mol. The van der Waals surface area contributed by atoms with E-state index in [9.17, 15) is 0 Å². The van der Waals surface area contributed by atoms with Crippen LogP contribution in [0.25, 0.3) is 0 Å². The van der Waals surface area contributed by atoms with Crippen LogP contribution >= 0.6 is 11.6 Å². The Balaban J connectivity index is 2.02. The molecule has 2 rings (SSSR count). The number of rotatable bonds is 5. The summed E-state index contributed by atoms with van der Waals surface area (Å²) < 4.78 is 5.81. The zero-order valence-corrected chi connectivity index (χ0v) is 10.7. The van der Waals surface area contributed by atoms with Gasteiger partial charge in [-0.05, 0) is 29.3 Å². The number of hydrogen-bond donors (Lipinski definition) is 1. The van der Waals surface area contributed by atoms with Gasteiger partial charge in [-0.2, -0.15) is 0 Å². The molecule has 0 amide bonds. The van der Waals surface area contributed by atoms with E-state index in [1.54, 1.807) is 12.4 Å². The minimum absolute atomic E-state index is 0.135. The highest BCUT2D eigenvalue weighted by Gasteiger charge is 2.10. The Labute approximate surface area is 112 Å². The largest absolute Gasteiger partial charge is 0.367 e. The summed E-state index contributed by atoms with van der Waals surface area (Å²) in [6, 6.07) is 11.4. The predicted molar refractivity (Wildman–Crippen MR) is 72.3 cm³/mol. The van der Waals surface area contributed by atoms with E-state index in [4.69, 9.17) is 22.1 Å². The number of nitrogens with zero attached hydrogens (tertiary/aromatic N) is 1. The maximum atomic E-state index is 6.08. The summed E-state index contributed by atoms with van der Waals surface area (Å²) in [4.78, 5) is 3.98. The maximum Gasteiger partial charge on any atom is 0.0952 e. The van der Waals surface area contributed by atoms with Gasteiger partial charge in [0.05, 0.1) is 12.7 Å². The zero-order chi connectivity index (χ0) is 12.8. The number of pyridine rings is 1. The van der Waals surface area contributed by atoms with E-state index < -0.39 is 0 Å². The van der Waals surface area contributed by atoms with Gasteiger partial charge in [0.2, 0.25) is 0 Å². The van der Waals surface area contributed by atoms with E-state index in [1.165, 1.54) is 0 Å². The Morgan fingerprint density at radius 2 is 1.89 bits per heavy atom. The van der Waals surface area contributed by atoms with Crippen LogP contribution in [-0.2, 0) is 11.3 Å². The topological polar surface area (TPSA) is 48.1 Å². The highest BCUT2D eigenvalue weighted by molar-refractivity contribution is 6.31. The van der Waals surface area contributed by atoms with Crippen LogP contribution in [0.4, 0.5) is 0 Å². The number of hydrogen-bond acceptors (Lipinski definition) is 3. The molecule has 1 aromatic carbocycles. The normalized spacial score (nSPS) is 12.3. The van der Waals surface area contributed by atoms with E-state index in [0.717, 1.165) is 11.1 Å². The number of benzene rings is 1.